The van der Waals surface area contributed by atoms with Crippen LogP contribution < -0.4 is 5.32 Å². The zero-order valence-corrected chi connectivity index (χ0v) is 12.5. The van der Waals surface area contributed by atoms with E-state index >= 15 is 0 Å². The second-order valence-corrected chi connectivity index (χ2v) is 5.59. The van der Waals surface area contributed by atoms with Gasteiger partial charge in [0.2, 0.25) is 0 Å². The Hall–Kier alpha value is -0.490. The lowest BCUT2D eigenvalue weighted by Gasteiger charge is -2.32. The van der Waals surface area contributed by atoms with Crippen LogP contribution in [0.25, 0.3) is 0 Å². The van der Waals surface area contributed by atoms with Crippen LogP contribution in [0.5, 0.6) is 0 Å². The zero-order chi connectivity index (χ0) is 12.8. The van der Waals surface area contributed by atoms with E-state index in [9.17, 15) is 0 Å². The van der Waals surface area contributed by atoms with Crippen molar-refractivity contribution in [2.24, 2.45) is 0 Å². The van der Waals surface area contributed by atoms with Crippen LogP contribution in [0, 0.1) is 0 Å². The largest absolute Gasteiger partial charge is 0.310 e. The summed E-state index contributed by atoms with van der Waals surface area (Å²) < 4.78 is 0.904. The van der Waals surface area contributed by atoms with Gasteiger partial charge in [-0.2, -0.15) is 0 Å². The van der Waals surface area contributed by atoms with Gasteiger partial charge in [0, 0.05) is 45.8 Å². The minimum Gasteiger partial charge on any atom is -0.310 e. The molecule has 0 unspecified atom stereocenters. The minimum atomic E-state index is 0.840. The zero-order valence-electron chi connectivity index (χ0n) is 10.9. The van der Waals surface area contributed by atoms with E-state index in [1.54, 1.807) is 0 Å². The molecule has 0 radical (unpaired) electrons. The van der Waals surface area contributed by atoms with Crippen LogP contribution in [-0.2, 0) is 6.54 Å². The molecule has 0 aliphatic carbocycles. The van der Waals surface area contributed by atoms with E-state index in [1.165, 1.54) is 26.2 Å². The molecule has 0 aromatic carbocycles. The molecule has 1 fully saturated rings. The van der Waals surface area contributed by atoms with Crippen molar-refractivity contribution in [2.75, 3.05) is 46.3 Å². The third-order valence-corrected chi connectivity index (χ3v) is 3.72. The number of nitrogens with zero attached hydrogens (tertiary/aromatic N) is 3. The molecule has 0 atom stereocenters. The van der Waals surface area contributed by atoms with Crippen LogP contribution in [0.15, 0.2) is 22.8 Å². The van der Waals surface area contributed by atoms with E-state index in [4.69, 9.17) is 0 Å². The van der Waals surface area contributed by atoms with Gasteiger partial charge in [0.25, 0.3) is 0 Å². The molecule has 1 aliphatic heterocycles. The second kappa shape index (κ2) is 7.19. The molecule has 100 valence electrons. The van der Waals surface area contributed by atoms with Crippen molar-refractivity contribution in [1.82, 2.24) is 20.1 Å². The summed E-state index contributed by atoms with van der Waals surface area (Å²) in [5.41, 5.74) is 1.09. The standard InChI is InChI=1S/C13H21BrN4/c1-17-7-9-18(10-8-17)6-5-15-11-12-3-2-4-13(14)16-12/h2-4,15H,5-11H2,1H3. The maximum atomic E-state index is 4.40. The molecule has 0 bridgehead atoms. The fraction of sp³-hybridized carbons (Fsp3) is 0.615. The highest BCUT2D eigenvalue weighted by molar-refractivity contribution is 9.10. The first-order valence-electron chi connectivity index (χ1n) is 6.47. The minimum absolute atomic E-state index is 0.840. The fourth-order valence-electron chi connectivity index (χ4n) is 2.07. The van der Waals surface area contributed by atoms with Crippen LogP contribution in [-0.4, -0.2) is 61.1 Å². The van der Waals surface area contributed by atoms with E-state index < -0.39 is 0 Å². The Kier molecular flexibility index (Phi) is 5.56. The molecular weight excluding hydrogens is 292 g/mol. The van der Waals surface area contributed by atoms with Gasteiger partial charge >= 0.3 is 0 Å². The Morgan fingerprint density at radius 1 is 1.28 bits per heavy atom. The number of hydrogen-bond donors (Lipinski definition) is 1. The smallest absolute Gasteiger partial charge is 0.106 e. The Morgan fingerprint density at radius 2 is 2.06 bits per heavy atom. The Morgan fingerprint density at radius 3 is 2.78 bits per heavy atom. The molecule has 2 heterocycles. The summed E-state index contributed by atoms with van der Waals surface area (Å²) in [7, 11) is 2.19. The van der Waals surface area contributed by atoms with Gasteiger partial charge in [-0.25, -0.2) is 4.98 Å². The third kappa shape index (κ3) is 4.65. The quantitative estimate of drug-likeness (QED) is 0.653. The van der Waals surface area contributed by atoms with Crippen molar-refractivity contribution in [3.8, 4) is 0 Å². The summed E-state index contributed by atoms with van der Waals surface area (Å²) in [6.07, 6.45) is 0. The first-order valence-corrected chi connectivity index (χ1v) is 7.26. The number of aromatic nitrogens is 1. The van der Waals surface area contributed by atoms with Crippen molar-refractivity contribution in [2.45, 2.75) is 6.54 Å². The molecule has 5 heteroatoms. The SMILES string of the molecule is CN1CCN(CCNCc2cccc(Br)n2)CC1. The number of halogens is 1. The molecule has 1 saturated heterocycles. The second-order valence-electron chi connectivity index (χ2n) is 4.77. The highest BCUT2D eigenvalue weighted by Gasteiger charge is 2.12. The van der Waals surface area contributed by atoms with Crippen LogP contribution >= 0.6 is 15.9 Å². The maximum absolute atomic E-state index is 4.40. The monoisotopic (exact) mass is 312 g/mol. The van der Waals surface area contributed by atoms with Gasteiger partial charge < -0.3 is 10.2 Å². The molecular formula is C13H21BrN4. The molecule has 1 N–H and O–H groups in total. The summed E-state index contributed by atoms with van der Waals surface area (Å²) in [6, 6.07) is 6.02. The van der Waals surface area contributed by atoms with Crippen molar-refractivity contribution in [3.63, 3.8) is 0 Å². The number of piperazine rings is 1. The average Bonchev–Trinajstić information content (AvgIpc) is 2.37. The van der Waals surface area contributed by atoms with Gasteiger partial charge in [0.05, 0.1) is 5.69 Å². The molecule has 0 amide bonds. The van der Waals surface area contributed by atoms with Crippen molar-refractivity contribution in [1.29, 1.82) is 0 Å². The number of hydrogen-bond acceptors (Lipinski definition) is 4. The lowest BCUT2D eigenvalue weighted by Crippen LogP contribution is -2.46. The van der Waals surface area contributed by atoms with Crippen LogP contribution in [0.4, 0.5) is 0 Å². The molecule has 18 heavy (non-hydrogen) atoms. The van der Waals surface area contributed by atoms with Gasteiger partial charge in [-0.05, 0) is 35.1 Å². The van der Waals surface area contributed by atoms with Gasteiger partial charge in [0.15, 0.2) is 0 Å². The number of nitrogens with one attached hydrogen (secondary N) is 1. The van der Waals surface area contributed by atoms with Crippen LogP contribution in [0.1, 0.15) is 5.69 Å². The predicted octanol–water partition coefficient (Wildman–Crippen LogP) is 1.18. The summed E-state index contributed by atoms with van der Waals surface area (Å²) in [5.74, 6) is 0. The Bertz CT molecular complexity index is 364. The molecule has 1 aromatic heterocycles. The van der Waals surface area contributed by atoms with Gasteiger partial charge in [-0.3, -0.25) is 4.90 Å². The Balaban J connectivity index is 1.61. The highest BCUT2D eigenvalue weighted by Crippen LogP contribution is 2.05. The molecule has 4 nitrogen and oxygen atoms in total. The number of pyridine rings is 1. The molecule has 1 aromatic rings. The fourth-order valence-corrected chi connectivity index (χ4v) is 2.45. The maximum Gasteiger partial charge on any atom is 0.106 e. The molecule has 1 aliphatic rings. The average molecular weight is 313 g/mol. The third-order valence-electron chi connectivity index (χ3n) is 3.28. The van der Waals surface area contributed by atoms with E-state index in [2.05, 4.69) is 43.1 Å². The molecule has 0 saturated carbocycles. The topological polar surface area (TPSA) is 31.4 Å². The lowest BCUT2D eigenvalue weighted by molar-refractivity contribution is 0.154. The molecule has 2 rings (SSSR count). The van der Waals surface area contributed by atoms with E-state index in [1.807, 2.05) is 18.2 Å². The number of rotatable bonds is 5. The van der Waals surface area contributed by atoms with Gasteiger partial charge in [-0.1, -0.05) is 6.07 Å². The molecule has 0 spiro atoms. The first-order chi connectivity index (χ1) is 8.74. The predicted molar refractivity (Wildman–Crippen MR) is 77.6 cm³/mol. The highest BCUT2D eigenvalue weighted by atomic mass is 79.9. The Labute approximate surface area is 118 Å². The first kappa shape index (κ1) is 13.9. The van der Waals surface area contributed by atoms with Crippen LogP contribution in [0.2, 0.25) is 0 Å². The summed E-state index contributed by atoms with van der Waals surface area (Å²) in [6.45, 7) is 7.74. The van der Waals surface area contributed by atoms with E-state index in [0.29, 0.717) is 0 Å². The van der Waals surface area contributed by atoms with Crippen molar-refractivity contribution in [3.05, 3.63) is 28.5 Å². The summed E-state index contributed by atoms with van der Waals surface area (Å²) in [5, 5.41) is 3.45. The van der Waals surface area contributed by atoms with E-state index in [-0.39, 0.29) is 0 Å². The van der Waals surface area contributed by atoms with E-state index in [0.717, 1.165) is 29.9 Å². The van der Waals surface area contributed by atoms with Crippen LogP contribution in [0.3, 0.4) is 0 Å². The van der Waals surface area contributed by atoms with Crippen molar-refractivity contribution >= 4 is 15.9 Å². The van der Waals surface area contributed by atoms with Crippen molar-refractivity contribution < 1.29 is 0 Å². The summed E-state index contributed by atoms with van der Waals surface area (Å²) >= 11 is 3.39. The summed E-state index contributed by atoms with van der Waals surface area (Å²) in [4.78, 5) is 9.30. The lowest BCUT2D eigenvalue weighted by atomic mass is 10.3. The van der Waals surface area contributed by atoms with Gasteiger partial charge in [0.1, 0.15) is 4.60 Å². The number of likely N-dealkylation sites (N-methyl/N-ethyl adjacent to an activating group) is 1. The van der Waals surface area contributed by atoms with Gasteiger partial charge in [-0.15, -0.1) is 0 Å². The normalized spacial score (nSPS) is 18.1.